The van der Waals surface area contributed by atoms with Gasteiger partial charge in [-0.2, -0.15) is 9.78 Å². The van der Waals surface area contributed by atoms with Crippen molar-refractivity contribution in [2.24, 2.45) is 0 Å². The van der Waals surface area contributed by atoms with Gasteiger partial charge >= 0.3 is 5.97 Å². The smallest absolute Gasteiger partial charge is 0.341 e. The molecule has 1 fully saturated rings. The minimum atomic E-state index is -0.521. The third-order valence-corrected chi connectivity index (χ3v) is 5.44. The molecule has 1 saturated heterocycles. The first-order chi connectivity index (χ1) is 15.1. The van der Waals surface area contributed by atoms with Crippen LogP contribution in [0.1, 0.15) is 16.8 Å². The lowest BCUT2D eigenvalue weighted by molar-refractivity contribution is 0.0369. The zero-order valence-corrected chi connectivity index (χ0v) is 17.7. The van der Waals surface area contributed by atoms with E-state index in [1.54, 1.807) is 43.8 Å². The van der Waals surface area contributed by atoms with Crippen LogP contribution in [0.5, 0.6) is 5.75 Å². The molecule has 0 N–H and O–H groups in total. The molecule has 1 aromatic rings. The molecule has 0 radical (unpaired) electrons. The van der Waals surface area contributed by atoms with Gasteiger partial charge in [0, 0.05) is 38.6 Å². The summed E-state index contributed by atoms with van der Waals surface area (Å²) in [6.45, 7) is 4.97. The van der Waals surface area contributed by atoms with E-state index in [0.29, 0.717) is 29.2 Å². The molecule has 0 amide bonds. The summed E-state index contributed by atoms with van der Waals surface area (Å²) in [7, 11) is 2.90. The number of fused-ring (bicyclic) bond motifs is 1. The fraction of sp³-hybridized carbons (Fsp3) is 0.409. The van der Waals surface area contributed by atoms with Crippen LogP contribution in [0.2, 0.25) is 0 Å². The van der Waals surface area contributed by atoms with Gasteiger partial charge in [0.2, 0.25) is 0 Å². The van der Waals surface area contributed by atoms with E-state index < -0.39 is 5.97 Å². The zero-order valence-electron chi connectivity index (χ0n) is 17.7. The first-order valence-corrected chi connectivity index (χ1v) is 10.3. The van der Waals surface area contributed by atoms with E-state index in [-0.39, 0.29) is 11.1 Å². The second kappa shape index (κ2) is 9.32. The fourth-order valence-corrected chi connectivity index (χ4v) is 3.75. The number of pyridine rings is 1. The predicted octanol–water partition coefficient (Wildman–Crippen LogP) is 1.66. The number of aryl methyl sites for hydroxylation is 1. The quantitative estimate of drug-likeness (QED) is 0.531. The highest BCUT2D eigenvalue weighted by Gasteiger charge is 2.25. The normalized spacial score (nSPS) is 14.6. The van der Waals surface area contributed by atoms with Crippen molar-refractivity contribution in [3.63, 3.8) is 0 Å². The molecular formula is C22H26N4O5. The van der Waals surface area contributed by atoms with Crippen LogP contribution < -0.4 is 10.3 Å². The highest BCUT2D eigenvalue weighted by molar-refractivity contribution is 5.96. The molecule has 3 heterocycles. The Morgan fingerprint density at radius 2 is 1.84 bits per heavy atom. The third kappa shape index (κ3) is 4.47. The van der Waals surface area contributed by atoms with Gasteiger partial charge in [0.1, 0.15) is 17.0 Å². The number of hydrogen-bond acceptors (Lipinski definition) is 7. The summed E-state index contributed by atoms with van der Waals surface area (Å²) in [6.07, 6.45) is 4.35. The zero-order chi connectivity index (χ0) is 21.8. The number of carbonyl (C=O) groups excluding carboxylic acids is 1. The molecule has 31 heavy (non-hydrogen) atoms. The lowest BCUT2D eigenvalue weighted by Crippen LogP contribution is -2.37. The van der Waals surface area contributed by atoms with Crippen LogP contribution in [-0.4, -0.2) is 72.3 Å². The van der Waals surface area contributed by atoms with E-state index in [1.165, 1.54) is 11.8 Å². The highest BCUT2D eigenvalue weighted by Crippen LogP contribution is 2.24. The predicted molar refractivity (Wildman–Crippen MR) is 114 cm³/mol. The number of aromatic nitrogens is 3. The minimum absolute atomic E-state index is 0.274. The van der Waals surface area contributed by atoms with Gasteiger partial charge in [-0.3, -0.25) is 9.69 Å². The number of carbonyl (C=O) groups is 1. The van der Waals surface area contributed by atoms with Gasteiger partial charge in [-0.1, -0.05) is 0 Å². The van der Waals surface area contributed by atoms with Crippen LogP contribution in [0.4, 0.5) is 0 Å². The maximum Gasteiger partial charge on any atom is 0.341 e. The molecule has 0 aliphatic carbocycles. The number of morpholine rings is 1. The molecule has 4 rings (SSSR count). The lowest BCUT2D eigenvalue weighted by atomic mass is 10.1. The van der Waals surface area contributed by atoms with Crippen LogP contribution in [0.15, 0.2) is 41.5 Å². The van der Waals surface area contributed by atoms with E-state index in [0.717, 1.165) is 39.3 Å². The van der Waals surface area contributed by atoms with E-state index in [9.17, 15) is 9.59 Å². The Balaban J connectivity index is 1.65. The Kier molecular flexibility index (Phi) is 6.34. The summed E-state index contributed by atoms with van der Waals surface area (Å²) in [6, 6.07) is 7.02. The monoisotopic (exact) mass is 426 g/mol. The van der Waals surface area contributed by atoms with Gasteiger partial charge in [-0.25, -0.2) is 4.79 Å². The Morgan fingerprint density at radius 1 is 1.10 bits per heavy atom. The lowest BCUT2D eigenvalue weighted by Gasteiger charge is -2.26. The number of hydrogen-bond donors (Lipinski definition) is 0. The average Bonchev–Trinajstić information content (AvgIpc) is 3.15. The van der Waals surface area contributed by atoms with Crippen LogP contribution >= 0.6 is 0 Å². The van der Waals surface area contributed by atoms with Crippen LogP contribution in [0.25, 0.3) is 16.9 Å². The molecule has 164 valence electrons. The Labute approximate surface area is 180 Å². The van der Waals surface area contributed by atoms with E-state index in [4.69, 9.17) is 14.2 Å². The number of methoxy groups -OCH3 is 2. The Hall–Kier alpha value is -3.17. The molecule has 3 aliphatic rings. The number of benzene rings is 1. The first-order valence-electron chi connectivity index (χ1n) is 10.3. The molecular weight excluding hydrogens is 400 g/mol. The van der Waals surface area contributed by atoms with Crippen molar-refractivity contribution in [2.75, 3.05) is 47.1 Å². The Morgan fingerprint density at radius 3 is 2.52 bits per heavy atom. The van der Waals surface area contributed by atoms with Crippen molar-refractivity contribution < 1.29 is 19.0 Å². The second-order valence-corrected chi connectivity index (χ2v) is 7.39. The summed E-state index contributed by atoms with van der Waals surface area (Å²) < 4.78 is 18.7. The molecule has 9 nitrogen and oxygen atoms in total. The molecule has 3 aliphatic heterocycles. The van der Waals surface area contributed by atoms with Crippen LogP contribution in [0.3, 0.4) is 0 Å². The van der Waals surface area contributed by atoms with Crippen LogP contribution in [-0.2, 0) is 16.0 Å². The van der Waals surface area contributed by atoms with Gasteiger partial charge in [-0.05, 0) is 30.7 Å². The highest BCUT2D eigenvalue weighted by atomic mass is 16.5. The summed E-state index contributed by atoms with van der Waals surface area (Å²) in [5, 5.41) is 4.43. The molecule has 0 atom stereocenters. The van der Waals surface area contributed by atoms with E-state index in [2.05, 4.69) is 10.00 Å². The van der Waals surface area contributed by atoms with Crippen LogP contribution in [0, 0.1) is 0 Å². The van der Waals surface area contributed by atoms with Gasteiger partial charge in [0.15, 0.2) is 0 Å². The molecule has 0 bridgehead atoms. The second-order valence-electron chi connectivity index (χ2n) is 7.39. The summed E-state index contributed by atoms with van der Waals surface area (Å²) >= 11 is 0. The maximum atomic E-state index is 13.1. The van der Waals surface area contributed by atoms with E-state index in [1.807, 2.05) is 4.57 Å². The Bertz CT molecular complexity index is 1070. The molecule has 9 heteroatoms. The van der Waals surface area contributed by atoms with Gasteiger partial charge in [0.25, 0.3) is 5.56 Å². The SMILES string of the molecule is COC(=O)c1cn(CCCN2CCOCC2)cc2c(=O)n(-c3ccc(OC)cc3)nc1-2. The number of ether oxygens (including phenoxy) is 3. The number of esters is 1. The number of nitrogens with zero attached hydrogens (tertiary/aromatic N) is 4. The van der Waals surface area contributed by atoms with Gasteiger partial charge < -0.3 is 18.8 Å². The molecule has 1 aromatic carbocycles. The fourth-order valence-electron chi connectivity index (χ4n) is 3.75. The third-order valence-electron chi connectivity index (χ3n) is 5.44. The van der Waals surface area contributed by atoms with E-state index >= 15 is 0 Å². The van der Waals surface area contributed by atoms with Gasteiger partial charge in [0.05, 0.1) is 38.7 Å². The van der Waals surface area contributed by atoms with Gasteiger partial charge in [-0.15, -0.1) is 0 Å². The largest absolute Gasteiger partial charge is 0.497 e. The van der Waals surface area contributed by atoms with Crippen molar-refractivity contribution in [1.29, 1.82) is 0 Å². The number of rotatable bonds is 7. The first kappa shape index (κ1) is 21.1. The summed E-state index contributed by atoms with van der Waals surface area (Å²) in [4.78, 5) is 27.9. The molecule has 0 spiro atoms. The average molecular weight is 426 g/mol. The van der Waals surface area contributed by atoms with Crippen molar-refractivity contribution in [3.8, 4) is 22.7 Å². The molecule has 0 saturated carbocycles. The van der Waals surface area contributed by atoms with Crippen molar-refractivity contribution in [1.82, 2.24) is 19.2 Å². The maximum absolute atomic E-state index is 13.1. The topological polar surface area (TPSA) is 87.8 Å². The summed E-state index contributed by atoms with van der Waals surface area (Å²) in [5.41, 5.74) is 1.29. The van der Waals surface area contributed by atoms with Crippen molar-refractivity contribution in [3.05, 3.63) is 52.6 Å². The molecule has 0 unspecified atom stereocenters. The summed E-state index contributed by atoms with van der Waals surface area (Å²) in [5.74, 6) is 0.160. The minimum Gasteiger partial charge on any atom is -0.497 e. The molecule has 0 aromatic heterocycles. The van der Waals surface area contributed by atoms with Crippen molar-refractivity contribution >= 4 is 5.97 Å². The van der Waals surface area contributed by atoms with Crippen molar-refractivity contribution in [2.45, 2.75) is 13.0 Å². The standard InChI is InChI=1S/C22H26N4O5/c1-29-17-6-4-16(5-7-17)26-21(27)18-14-25(9-3-8-24-10-12-31-13-11-24)15-19(20(18)23-26)22(28)30-2/h4-7,14-15H,3,8-13H2,1-2H3.